The van der Waals surface area contributed by atoms with E-state index < -0.39 is 0 Å². The second-order valence-corrected chi connectivity index (χ2v) is 6.14. The Labute approximate surface area is 118 Å². The van der Waals surface area contributed by atoms with Crippen LogP contribution in [-0.2, 0) is 0 Å². The minimum atomic E-state index is 0.477. The lowest BCUT2D eigenvalue weighted by atomic mass is 9.94. The van der Waals surface area contributed by atoms with E-state index in [0.717, 1.165) is 19.0 Å². The SMILES string of the molecule is CCC(C(C)C)N1CC(c2ccccc2)NCC1C. The number of benzene rings is 1. The van der Waals surface area contributed by atoms with Crippen LogP contribution in [0.5, 0.6) is 0 Å². The maximum atomic E-state index is 3.69. The van der Waals surface area contributed by atoms with E-state index in [1.54, 1.807) is 0 Å². The molecule has 0 spiro atoms. The molecule has 1 saturated heterocycles. The molecule has 2 rings (SSSR count). The summed E-state index contributed by atoms with van der Waals surface area (Å²) in [5, 5.41) is 3.69. The average molecular weight is 260 g/mol. The van der Waals surface area contributed by atoms with Crippen molar-refractivity contribution in [2.75, 3.05) is 13.1 Å². The van der Waals surface area contributed by atoms with Crippen molar-refractivity contribution >= 4 is 0 Å². The van der Waals surface area contributed by atoms with E-state index in [-0.39, 0.29) is 0 Å². The van der Waals surface area contributed by atoms with Crippen molar-refractivity contribution in [3.8, 4) is 0 Å². The predicted octanol–water partition coefficient (Wildman–Crippen LogP) is 3.46. The van der Waals surface area contributed by atoms with E-state index in [1.165, 1.54) is 12.0 Å². The lowest BCUT2D eigenvalue weighted by Crippen LogP contribution is -2.56. The fourth-order valence-electron chi connectivity index (χ4n) is 3.35. The molecule has 3 unspecified atom stereocenters. The van der Waals surface area contributed by atoms with Gasteiger partial charge in [0.2, 0.25) is 0 Å². The van der Waals surface area contributed by atoms with Crippen molar-refractivity contribution in [1.29, 1.82) is 0 Å². The second-order valence-electron chi connectivity index (χ2n) is 6.14. The normalized spacial score (nSPS) is 26.6. The van der Waals surface area contributed by atoms with Crippen molar-refractivity contribution in [2.45, 2.75) is 52.2 Å². The highest BCUT2D eigenvalue weighted by molar-refractivity contribution is 5.20. The van der Waals surface area contributed by atoms with Crippen molar-refractivity contribution in [3.05, 3.63) is 35.9 Å². The summed E-state index contributed by atoms with van der Waals surface area (Å²) in [5.74, 6) is 0.724. The Morgan fingerprint density at radius 3 is 2.53 bits per heavy atom. The molecule has 106 valence electrons. The summed E-state index contributed by atoms with van der Waals surface area (Å²) in [6.07, 6.45) is 1.24. The lowest BCUT2D eigenvalue weighted by Gasteiger charge is -2.45. The van der Waals surface area contributed by atoms with Crippen LogP contribution in [0.4, 0.5) is 0 Å². The molecule has 0 amide bonds. The van der Waals surface area contributed by atoms with Gasteiger partial charge >= 0.3 is 0 Å². The molecule has 0 saturated carbocycles. The van der Waals surface area contributed by atoms with E-state index in [1.807, 2.05) is 0 Å². The van der Waals surface area contributed by atoms with Crippen LogP contribution in [0, 0.1) is 5.92 Å². The molecular weight excluding hydrogens is 232 g/mol. The van der Waals surface area contributed by atoms with Crippen molar-refractivity contribution < 1.29 is 0 Å². The van der Waals surface area contributed by atoms with Gasteiger partial charge in [0, 0.05) is 31.2 Å². The maximum Gasteiger partial charge on any atom is 0.0450 e. The van der Waals surface area contributed by atoms with Crippen LogP contribution in [0.3, 0.4) is 0 Å². The Hall–Kier alpha value is -0.860. The first-order chi connectivity index (χ1) is 9.13. The summed E-state index contributed by atoms with van der Waals surface area (Å²) in [6, 6.07) is 12.7. The maximum absolute atomic E-state index is 3.69. The van der Waals surface area contributed by atoms with Crippen molar-refractivity contribution in [2.24, 2.45) is 5.92 Å². The minimum absolute atomic E-state index is 0.477. The zero-order valence-electron chi connectivity index (χ0n) is 12.8. The molecule has 1 N–H and O–H groups in total. The summed E-state index contributed by atoms with van der Waals surface area (Å²) < 4.78 is 0. The van der Waals surface area contributed by atoms with Crippen molar-refractivity contribution in [3.63, 3.8) is 0 Å². The number of hydrogen-bond donors (Lipinski definition) is 1. The molecule has 3 atom stereocenters. The Morgan fingerprint density at radius 1 is 1.26 bits per heavy atom. The zero-order valence-corrected chi connectivity index (χ0v) is 12.8. The van der Waals surface area contributed by atoms with Crippen LogP contribution in [0.1, 0.15) is 45.7 Å². The standard InChI is InChI=1S/C17H28N2/c1-5-17(13(2)3)19-12-16(18-11-14(19)4)15-9-7-6-8-10-15/h6-10,13-14,16-18H,5,11-12H2,1-4H3. The number of rotatable bonds is 4. The highest BCUT2D eigenvalue weighted by atomic mass is 15.3. The molecule has 19 heavy (non-hydrogen) atoms. The lowest BCUT2D eigenvalue weighted by molar-refractivity contribution is 0.0642. The largest absolute Gasteiger partial charge is 0.307 e. The molecule has 2 heteroatoms. The van der Waals surface area contributed by atoms with Gasteiger partial charge in [0.15, 0.2) is 0 Å². The topological polar surface area (TPSA) is 15.3 Å². The quantitative estimate of drug-likeness (QED) is 0.892. The van der Waals surface area contributed by atoms with Gasteiger partial charge in [-0.3, -0.25) is 4.90 Å². The van der Waals surface area contributed by atoms with Gasteiger partial charge in [-0.15, -0.1) is 0 Å². The summed E-state index contributed by atoms with van der Waals surface area (Å²) in [5.41, 5.74) is 1.41. The molecule has 0 aliphatic carbocycles. The first-order valence-electron chi connectivity index (χ1n) is 7.67. The summed E-state index contributed by atoms with van der Waals surface area (Å²) >= 11 is 0. The zero-order chi connectivity index (χ0) is 13.8. The monoisotopic (exact) mass is 260 g/mol. The van der Waals surface area contributed by atoms with Gasteiger partial charge in [-0.2, -0.15) is 0 Å². The Balaban J connectivity index is 2.12. The Bertz CT molecular complexity index is 374. The van der Waals surface area contributed by atoms with Crippen LogP contribution in [0.2, 0.25) is 0 Å². The van der Waals surface area contributed by atoms with Gasteiger partial charge in [-0.05, 0) is 24.8 Å². The fraction of sp³-hybridized carbons (Fsp3) is 0.647. The van der Waals surface area contributed by atoms with Crippen LogP contribution >= 0.6 is 0 Å². The van der Waals surface area contributed by atoms with Crippen LogP contribution in [0.25, 0.3) is 0 Å². The van der Waals surface area contributed by atoms with Gasteiger partial charge in [0.1, 0.15) is 0 Å². The van der Waals surface area contributed by atoms with E-state index in [0.29, 0.717) is 18.1 Å². The predicted molar refractivity (Wildman–Crippen MR) is 82.3 cm³/mol. The Kier molecular flexibility index (Phi) is 5.00. The van der Waals surface area contributed by atoms with Crippen LogP contribution in [-0.4, -0.2) is 30.1 Å². The average Bonchev–Trinajstić information content (AvgIpc) is 2.42. The first-order valence-corrected chi connectivity index (χ1v) is 7.67. The summed E-state index contributed by atoms with van der Waals surface area (Å²) in [7, 11) is 0. The third-order valence-corrected chi connectivity index (χ3v) is 4.43. The molecule has 1 fully saturated rings. The summed E-state index contributed by atoms with van der Waals surface area (Å²) in [6.45, 7) is 11.6. The molecule has 1 aliphatic rings. The number of nitrogens with one attached hydrogen (secondary N) is 1. The van der Waals surface area contributed by atoms with Gasteiger partial charge in [0.25, 0.3) is 0 Å². The molecule has 1 heterocycles. The van der Waals surface area contributed by atoms with Gasteiger partial charge in [0.05, 0.1) is 0 Å². The number of nitrogens with zero attached hydrogens (tertiary/aromatic N) is 1. The van der Waals surface area contributed by atoms with Crippen molar-refractivity contribution in [1.82, 2.24) is 10.2 Å². The van der Waals surface area contributed by atoms with Crippen LogP contribution in [0.15, 0.2) is 30.3 Å². The van der Waals surface area contributed by atoms with E-state index in [4.69, 9.17) is 0 Å². The van der Waals surface area contributed by atoms with E-state index >= 15 is 0 Å². The van der Waals surface area contributed by atoms with Gasteiger partial charge < -0.3 is 5.32 Å². The fourth-order valence-corrected chi connectivity index (χ4v) is 3.35. The smallest absolute Gasteiger partial charge is 0.0450 e. The van der Waals surface area contributed by atoms with Gasteiger partial charge in [-0.1, -0.05) is 51.1 Å². The highest BCUT2D eigenvalue weighted by Crippen LogP contribution is 2.25. The minimum Gasteiger partial charge on any atom is -0.307 e. The number of piperazine rings is 1. The molecule has 2 nitrogen and oxygen atoms in total. The molecule has 0 radical (unpaired) electrons. The number of hydrogen-bond acceptors (Lipinski definition) is 2. The highest BCUT2D eigenvalue weighted by Gasteiger charge is 2.31. The Morgan fingerprint density at radius 2 is 1.95 bits per heavy atom. The van der Waals surface area contributed by atoms with Gasteiger partial charge in [-0.25, -0.2) is 0 Å². The van der Waals surface area contributed by atoms with E-state index in [9.17, 15) is 0 Å². The molecule has 1 aliphatic heterocycles. The third-order valence-electron chi connectivity index (χ3n) is 4.43. The molecule has 0 bridgehead atoms. The molecular formula is C17H28N2. The summed E-state index contributed by atoms with van der Waals surface area (Å²) in [4.78, 5) is 2.71. The molecule has 1 aromatic carbocycles. The second kappa shape index (κ2) is 6.53. The third kappa shape index (κ3) is 3.37. The van der Waals surface area contributed by atoms with E-state index in [2.05, 4.69) is 68.2 Å². The molecule has 0 aromatic heterocycles. The first kappa shape index (κ1) is 14.5. The molecule has 1 aromatic rings. The van der Waals surface area contributed by atoms with Crippen LogP contribution < -0.4 is 5.32 Å².